The fourth-order valence-electron chi connectivity index (χ4n) is 2.05. The van der Waals surface area contributed by atoms with Gasteiger partial charge in [0, 0.05) is 6.42 Å². The molecule has 0 aliphatic carbocycles. The molecule has 0 saturated heterocycles. The zero-order chi connectivity index (χ0) is 12.4. The van der Waals surface area contributed by atoms with E-state index < -0.39 is 0 Å². The summed E-state index contributed by atoms with van der Waals surface area (Å²) in [6, 6.07) is 8.42. The van der Waals surface area contributed by atoms with E-state index in [2.05, 4.69) is 42.9 Å². The third-order valence-electron chi connectivity index (χ3n) is 3.05. The van der Waals surface area contributed by atoms with E-state index in [0.717, 1.165) is 28.8 Å². The summed E-state index contributed by atoms with van der Waals surface area (Å²) in [5, 5.41) is 9.20. The predicted molar refractivity (Wildman–Crippen MR) is 68.7 cm³/mol. The van der Waals surface area contributed by atoms with E-state index >= 15 is 0 Å². The molecule has 0 aliphatic rings. The lowest BCUT2D eigenvalue weighted by atomic mass is 9.90. The van der Waals surface area contributed by atoms with Crippen LogP contribution in [-0.4, -0.2) is 9.97 Å². The molecule has 0 bridgehead atoms. The van der Waals surface area contributed by atoms with E-state index in [9.17, 15) is 5.26 Å². The molecule has 0 radical (unpaired) electrons. The smallest absolute Gasteiger partial charge is 0.106 e. The number of hydrogen-bond acceptors (Lipinski definition) is 2. The fraction of sp³-hybridized carbons (Fsp3) is 0.429. The van der Waals surface area contributed by atoms with Crippen LogP contribution in [0.25, 0.3) is 11.0 Å². The van der Waals surface area contributed by atoms with Crippen LogP contribution in [0.15, 0.2) is 18.2 Å². The maximum absolute atomic E-state index is 9.20. The van der Waals surface area contributed by atoms with E-state index in [1.165, 1.54) is 0 Å². The number of nitriles is 1. The van der Waals surface area contributed by atoms with Gasteiger partial charge in [0.1, 0.15) is 5.82 Å². The molecule has 0 aliphatic heterocycles. The van der Waals surface area contributed by atoms with Crippen LogP contribution >= 0.6 is 0 Å². The number of nitrogens with zero attached hydrogens (tertiary/aromatic N) is 2. The molecule has 0 amide bonds. The zero-order valence-electron chi connectivity index (χ0n) is 10.5. The monoisotopic (exact) mass is 227 g/mol. The molecule has 2 rings (SSSR count). The van der Waals surface area contributed by atoms with Gasteiger partial charge in [0.2, 0.25) is 0 Å². The van der Waals surface area contributed by atoms with Crippen molar-refractivity contribution in [3.63, 3.8) is 0 Å². The average Bonchev–Trinajstić information content (AvgIpc) is 2.71. The van der Waals surface area contributed by atoms with Crippen LogP contribution in [0.5, 0.6) is 0 Å². The summed E-state index contributed by atoms with van der Waals surface area (Å²) in [7, 11) is 0. The number of aryl methyl sites for hydroxylation is 1. The largest absolute Gasteiger partial charge is 0.342 e. The van der Waals surface area contributed by atoms with Crippen LogP contribution in [0.2, 0.25) is 0 Å². The molecular formula is C14H17N3. The van der Waals surface area contributed by atoms with Gasteiger partial charge in [-0.3, -0.25) is 0 Å². The summed E-state index contributed by atoms with van der Waals surface area (Å²) in [6.45, 7) is 6.22. The summed E-state index contributed by atoms with van der Waals surface area (Å²) >= 11 is 0. The Balaban J connectivity index is 2.47. The predicted octanol–water partition coefficient (Wildman–Crippen LogP) is 3.39. The minimum Gasteiger partial charge on any atom is -0.342 e. The molecular weight excluding hydrogens is 210 g/mol. The number of aromatic amines is 1. The van der Waals surface area contributed by atoms with Gasteiger partial charge >= 0.3 is 0 Å². The number of aromatic nitrogens is 2. The first-order valence-corrected chi connectivity index (χ1v) is 6.03. The van der Waals surface area contributed by atoms with Crippen molar-refractivity contribution in [2.75, 3.05) is 0 Å². The van der Waals surface area contributed by atoms with Crippen LogP contribution in [-0.2, 0) is 6.42 Å². The highest BCUT2D eigenvalue weighted by Crippen LogP contribution is 2.26. The Morgan fingerprint density at radius 1 is 1.41 bits per heavy atom. The molecule has 0 fully saturated rings. The molecule has 88 valence electrons. The number of H-pyrrole nitrogens is 1. The number of benzene rings is 1. The van der Waals surface area contributed by atoms with Crippen molar-refractivity contribution in [2.45, 2.75) is 33.1 Å². The second-order valence-electron chi connectivity index (χ2n) is 4.66. The minimum absolute atomic E-state index is 0.0484. The van der Waals surface area contributed by atoms with Gasteiger partial charge in [-0.15, -0.1) is 0 Å². The van der Waals surface area contributed by atoms with Crippen molar-refractivity contribution < 1.29 is 0 Å². The highest BCUT2D eigenvalue weighted by atomic mass is 14.9. The lowest BCUT2D eigenvalue weighted by molar-refractivity contribution is 0.588. The summed E-state index contributed by atoms with van der Waals surface area (Å²) in [4.78, 5) is 7.75. The Kier molecular flexibility index (Phi) is 3.14. The van der Waals surface area contributed by atoms with Crippen molar-refractivity contribution in [3.8, 4) is 6.07 Å². The molecule has 1 aromatic carbocycles. The van der Waals surface area contributed by atoms with Crippen molar-refractivity contribution >= 4 is 11.0 Å². The van der Waals surface area contributed by atoms with Crippen LogP contribution in [0.3, 0.4) is 0 Å². The van der Waals surface area contributed by atoms with Crippen molar-refractivity contribution in [1.29, 1.82) is 5.26 Å². The first-order chi connectivity index (χ1) is 8.15. The van der Waals surface area contributed by atoms with Crippen molar-refractivity contribution in [3.05, 3.63) is 29.6 Å². The zero-order valence-corrected chi connectivity index (χ0v) is 10.5. The standard InChI is InChI=1S/C14H17N3/c1-4-14-16-12-6-5-10(7-13(12)17-14)11(8-15)9(2)3/h5-7,9,11H,4H2,1-3H3,(H,16,17). The second kappa shape index (κ2) is 4.58. The Hall–Kier alpha value is -1.82. The van der Waals surface area contributed by atoms with Gasteiger partial charge < -0.3 is 4.98 Å². The lowest BCUT2D eigenvalue weighted by Gasteiger charge is -2.12. The number of hydrogen-bond donors (Lipinski definition) is 1. The number of rotatable bonds is 3. The maximum Gasteiger partial charge on any atom is 0.106 e. The molecule has 3 heteroatoms. The summed E-state index contributed by atoms with van der Waals surface area (Å²) < 4.78 is 0. The Bertz CT molecular complexity index is 560. The molecule has 1 atom stereocenters. The molecule has 1 heterocycles. The third-order valence-corrected chi connectivity index (χ3v) is 3.05. The topological polar surface area (TPSA) is 52.5 Å². The van der Waals surface area contributed by atoms with Gasteiger partial charge in [0.15, 0.2) is 0 Å². The SMILES string of the molecule is CCc1nc2ccc(C(C#N)C(C)C)cc2[nH]1. The second-order valence-corrected chi connectivity index (χ2v) is 4.66. The van der Waals surface area contributed by atoms with Gasteiger partial charge in [-0.25, -0.2) is 4.98 Å². The number of imidazole rings is 1. The summed E-state index contributed by atoms with van der Waals surface area (Å²) in [6.07, 6.45) is 0.899. The third kappa shape index (κ3) is 2.16. The minimum atomic E-state index is -0.0484. The van der Waals surface area contributed by atoms with Gasteiger partial charge in [-0.2, -0.15) is 5.26 Å². The molecule has 1 unspecified atom stereocenters. The van der Waals surface area contributed by atoms with E-state index in [4.69, 9.17) is 0 Å². The normalized spacial score (nSPS) is 12.9. The quantitative estimate of drug-likeness (QED) is 0.873. The van der Waals surface area contributed by atoms with Crippen molar-refractivity contribution in [2.24, 2.45) is 5.92 Å². The van der Waals surface area contributed by atoms with Gasteiger partial charge in [-0.1, -0.05) is 26.8 Å². The van der Waals surface area contributed by atoms with E-state index in [-0.39, 0.29) is 5.92 Å². The Morgan fingerprint density at radius 3 is 2.76 bits per heavy atom. The van der Waals surface area contributed by atoms with E-state index in [1.54, 1.807) is 0 Å². The molecule has 1 N–H and O–H groups in total. The molecule has 0 saturated carbocycles. The fourth-order valence-corrected chi connectivity index (χ4v) is 2.05. The van der Waals surface area contributed by atoms with Crippen LogP contribution in [0, 0.1) is 17.2 Å². The van der Waals surface area contributed by atoms with E-state index in [1.807, 2.05) is 12.1 Å². The molecule has 0 spiro atoms. The number of fused-ring (bicyclic) bond motifs is 1. The summed E-state index contributed by atoms with van der Waals surface area (Å²) in [5.41, 5.74) is 3.08. The van der Waals surface area contributed by atoms with Crippen LogP contribution < -0.4 is 0 Å². The Labute approximate surface area is 101 Å². The molecule has 3 nitrogen and oxygen atoms in total. The molecule has 1 aromatic heterocycles. The highest BCUT2D eigenvalue weighted by molar-refractivity contribution is 5.76. The van der Waals surface area contributed by atoms with Crippen LogP contribution in [0.1, 0.15) is 38.1 Å². The lowest BCUT2D eigenvalue weighted by Crippen LogP contribution is -2.03. The van der Waals surface area contributed by atoms with Gasteiger partial charge in [0.05, 0.1) is 23.0 Å². The molecule has 17 heavy (non-hydrogen) atoms. The average molecular weight is 227 g/mol. The number of nitrogens with one attached hydrogen (secondary N) is 1. The van der Waals surface area contributed by atoms with E-state index in [0.29, 0.717) is 5.92 Å². The first kappa shape index (κ1) is 11.7. The first-order valence-electron chi connectivity index (χ1n) is 6.03. The van der Waals surface area contributed by atoms with Crippen molar-refractivity contribution in [1.82, 2.24) is 9.97 Å². The van der Waals surface area contributed by atoms with Crippen LogP contribution in [0.4, 0.5) is 0 Å². The molecule has 2 aromatic rings. The highest BCUT2D eigenvalue weighted by Gasteiger charge is 2.15. The van der Waals surface area contributed by atoms with Gasteiger partial charge in [-0.05, 0) is 23.6 Å². The Morgan fingerprint density at radius 2 is 2.18 bits per heavy atom. The van der Waals surface area contributed by atoms with Gasteiger partial charge in [0.25, 0.3) is 0 Å². The summed E-state index contributed by atoms with van der Waals surface area (Å²) in [5.74, 6) is 1.27. The maximum atomic E-state index is 9.20.